The van der Waals surface area contributed by atoms with Crippen molar-refractivity contribution in [3.05, 3.63) is 54.7 Å². The van der Waals surface area contributed by atoms with Crippen molar-refractivity contribution in [2.45, 2.75) is 19.3 Å². The number of carbonyl (C=O) groups excluding carboxylic acids is 1. The second-order valence-corrected chi connectivity index (χ2v) is 7.69. The number of amides is 1. The summed E-state index contributed by atoms with van der Waals surface area (Å²) in [6.07, 6.45) is 0. The molecule has 2 rings (SSSR count). The van der Waals surface area contributed by atoms with Gasteiger partial charge < -0.3 is 5.32 Å². The summed E-state index contributed by atoms with van der Waals surface area (Å²) in [6, 6.07) is 9.47. The lowest BCUT2D eigenvalue weighted by Gasteiger charge is -2.23. The first-order valence-electron chi connectivity index (χ1n) is 6.17. The van der Waals surface area contributed by atoms with Crippen molar-refractivity contribution >= 4 is 51.4 Å². The molecule has 0 unspecified atom stereocenters. The molecule has 20 heavy (non-hydrogen) atoms. The Morgan fingerprint density at radius 2 is 2.15 bits per heavy atom. The van der Waals surface area contributed by atoms with E-state index in [-0.39, 0.29) is 11.3 Å². The molecular weight excluding hydrogens is 405 g/mol. The smallest absolute Gasteiger partial charge is 0.251 e. The van der Waals surface area contributed by atoms with E-state index in [1.54, 1.807) is 23.5 Å². The van der Waals surface area contributed by atoms with Crippen LogP contribution in [0.25, 0.3) is 0 Å². The minimum absolute atomic E-state index is 0.0726. The molecule has 0 aliphatic heterocycles. The number of nitrogens with one attached hydrogen (secondary N) is 1. The Morgan fingerprint density at radius 1 is 1.40 bits per heavy atom. The molecule has 0 spiro atoms. The molecule has 106 valence electrons. The molecular formula is C15H15ClINOS. The Bertz CT molecular complexity index is 610. The fraction of sp³-hybridized carbons (Fsp3) is 0.267. The quantitative estimate of drug-likeness (QED) is 0.714. The average molecular weight is 420 g/mol. The van der Waals surface area contributed by atoms with Crippen LogP contribution in [-0.2, 0) is 5.41 Å². The Hall–Kier alpha value is -0.590. The lowest BCUT2D eigenvalue weighted by molar-refractivity contribution is 0.0946. The van der Waals surface area contributed by atoms with Gasteiger partial charge in [-0.25, -0.2) is 0 Å². The molecule has 0 aliphatic carbocycles. The molecule has 0 saturated carbocycles. The van der Waals surface area contributed by atoms with E-state index in [0.29, 0.717) is 17.1 Å². The molecule has 0 bridgehead atoms. The lowest BCUT2D eigenvalue weighted by atomic mass is 9.91. The zero-order valence-corrected chi connectivity index (χ0v) is 15.0. The summed E-state index contributed by atoms with van der Waals surface area (Å²) >= 11 is 9.90. The first-order chi connectivity index (χ1) is 9.40. The van der Waals surface area contributed by atoms with Crippen molar-refractivity contribution in [1.29, 1.82) is 0 Å². The number of benzene rings is 1. The van der Waals surface area contributed by atoms with Crippen molar-refractivity contribution in [3.63, 3.8) is 0 Å². The van der Waals surface area contributed by atoms with Gasteiger partial charge in [-0.1, -0.05) is 31.5 Å². The van der Waals surface area contributed by atoms with Gasteiger partial charge in [-0.05, 0) is 52.2 Å². The monoisotopic (exact) mass is 419 g/mol. The van der Waals surface area contributed by atoms with Gasteiger partial charge in [0.05, 0.1) is 5.02 Å². The Kier molecular flexibility index (Phi) is 5.09. The largest absolute Gasteiger partial charge is 0.351 e. The summed E-state index contributed by atoms with van der Waals surface area (Å²) < 4.78 is 0.944. The lowest BCUT2D eigenvalue weighted by Crippen LogP contribution is -2.36. The summed E-state index contributed by atoms with van der Waals surface area (Å²) in [5.41, 5.74) is 0.522. The second kappa shape index (κ2) is 6.45. The first-order valence-corrected chi connectivity index (χ1v) is 8.51. The summed E-state index contributed by atoms with van der Waals surface area (Å²) in [7, 11) is 0. The summed E-state index contributed by atoms with van der Waals surface area (Å²) in [6.45, 7) is 4.84. The Balaban J connectivity index is 2.03. The highest BCUT2D eigenvalue weighted by molar-refractivity contribution is 14.1. The highest BCUT2D eigenvalue weighted by Gasteiger charge is 2.22. The molecule has 5 heteroatoms. The number of thiophene rings is 1. The van der Waals surface area contributed by atoms with Gasteiger partial charge in [-0.2, -0.15) is 0 Å². The van der Waals surface area contributed by atoms with E-state index in [2.05, 4.69) is 53.2 Å². The van der Waals surface area contributed by atoms with E-state index >= 15 is 0 Å². The standard InChI is InChI=1S/C15H15ClINOS/c1-15(2,13-4-3-7-20-13)9-18-14(19)10-5-6-12(17)11(16)8-10/h3-8H,9H2,1-2H3,(H,18,19). The molecule has 0 saturated heterocycles. The van der Waals surface area contributed by atoms with Gasteiger partial charge in [-0.15, -0.1) is 11.3 Å². The number of hydrogen-bond donors (Lipinski definition) is 1. The van der Waals surface area contributed by atoms with E-state index in [9.17, 15) is 4.79 Å². The van der Waals surface area contributed by atoms with Crippen LogP contribution in [0.2, 0.25) is 5.02 Å². The van der Waals surface area contributed by atoms with Crippen molar-refractivity contribution in [2.75, 3.05) is 6.54 Å². The van der Waals surface area contributed by atoms with Crippen LogP contribution >= 0.6 is 45.5 Å². The normalized spacial score (nSPS) is 11.4. The Labute approximate surface area is 141 Å². The van der Waals surface area contributed by atoms with Crippen LogP contribution in [0.5, 0.6) is 0 Å². The fourth-order valence-corrected chi connectivity index (χ4v) is 3.16. The highest BCUT2D eigenvalue weighted by Crippen LogP contribution is 2.26. The van der Waals surface area contributed by atoms with Crippen LogP contribution in [0, 0.1) is 3.57 Å². The zero-order chi connectivity index (χ0) is 14.8. The topological polar surface area (TPSA) is 29.1 Å². The molecule has 0 atom stereocenters. The van der Waals surface area contributed by atoms with Crippen LogP contribution in [0.3, 0.4) is 0 Å². The molecule has 2 aromatic rings. The van der Waals surface area contributed by atoms with E-state index in [0.717, 1.165) is 3.57 Å². The van der Waals surface area contributed by atoms with Gasteiger partial charge in [0, 0.05) is 26.0 Å². The van der Waals surface area contributed by atoms with Crippen molar-refractivity contribution in [2.24, 2.45) is 0 Å². The summed E-state index contributed by atoms with van der Waals surface area (Å²) in [4.78, 5) is 13.4. The zero-order valence-electron chi connectivity index (χ0n) is 11.2. The molecule has 1 amide bonds. The van der Waals surface area contributed by atoms with Gasteiger partial charge in [0.25, 0.3) is 5.91 Å². The number of rotatable bonds is 4. The van der Waals surface area contributed by atoms with Crippen LogP contribution in [0.1, 0.15) is 29.1 Å². The molecule has 1 aromatic heterocycles. The third-order valence-corrected chi connectivity index (χ3v) is 5.87. The number of hydrogen-bond acceptors (Lipinski definition) is 2. The summed E-state index contributed by atoms with van der Waals surface area (Å²) in [5, 5.41) is 5.64. The van der Waals surface area contributed by atoms with E-state index in [1.165, 1.54) is 4.88 Å². The maximum atomic E-state index is 12.2. The van der Waals surface area contributed by atoms with Crippen LogP contribution in [0.15, 0.2) is 35.7 Å². The van der Waals surface area contributed by atoms with Crippen LogP contribution in [0.4, 0.5) is 0 Å². The van der Waals surface area contributed by atoms with E-state index in [1.807, 2.05) is 12.1 Å². The summed E-state index contributed by atoms with van der Waals surface area (Å²) in [5.74, 6) is -0.0899. The van der Waals surface area contributed by atoms with E-state index in [4.69, 9.17) is 11.6 Å². The van der Waals surface area contributed by atoms with Crippen LogP contribution in [-0.4, -0.2) is 12.5 Å². The fourth-order valence-electron chi connectivity index (χ4n) is 1.79. The van der Waals surface area contributed by atoms with Crippen molar-refractivity contribution in [3.8, 4) is 0 Å². The minimum atomic E-state index is -0.0899. The third-order valence-electron chi connectivity index (χ3n) is 3.06. The molecule has 2 nitrogen and oxygen atoms in total. The van der Waals surface area contributed by atoms with Gasteiger partial charge in [0.1, 0.15) is 0 Å². The maximum Gasteiger partial charge on any atom is 0.251 e. The molecule has 0 aliphatic rings. The molecule has 1 heterocycles. The van der Waals surface area contributed by atoms with Gasteiger partial charge in [0.15, 0.2) is 0 Å². The predicted octanol–water partition coefficient (Wildman–Crippen LogP) is 4.71. The molecule has 1 N–H and O–H groups in total. The van der Waals surface area contributed by atoms with E-state index < -0.39 is 0 Å². The third kappa shape index (κ3) is 3.74. The number of carbonyl (C=O) groups is 1. The van der Waals surface area contributed by atoms with Crippen LogP contribution < -0.4 is 5.32 Å². The molecule has 0 radical (unpaired) electrons. The SMILES string of the molecule is CC(C)(CNC(=O)c1ccc(I)c(Cl)c1)c1cccs1. The minimum Gasteiger partial charge on any atom is -0.351 e. The van der Waals surface area contributed by atoms with Gasteiger partial charge in [-0.3, -0.25) is 4.79 Å². The molecule has 1 aromatic carbocycles. The molecule has 0 fully saturated rings. The number of halogens is 2. The van der Waals surface area contributed by atoms with Gasteiger partial charge in [0.2, 0.25) is 0 Å². The first kappa shape index (κ1) is 15.8. The van der Waals surface area contributed by atoms with Gasteiger partial charge >= 0.3 is 0 Å². The average Bonchev–Trinajstić information content (AvgIpc) is 2.94. The van der Waals surface area contributed by atoms with Crippen molar-refractivity contribution < 1.29 is 4.79 Å². The highest BCUT2D eigenvalue weighted by atomic mass is 127. The predicted molar refractivity (Wildman–Crippen MR) is 93.8 cm³/mol. The maximum absolute atomic E-state index is 12.2. The van der Waals surface area contributed by atoms with Crippen molar-refractivity contribution in [1.82, 2.24) is 5.32 Å². The second-order valence-electron chi connectivity index (χ2n) is 5.17. The Morgan fingerprint density at radius 3 is 2.75 bits per heavy atom.